The number of aromatic nitrogens is 4. The highest BCUT2D eigenvalue weighted by atomic mass is 16.5. The number of hydrogen-bond acceptors (Lipinski definition) is 6. The van der Waals surface area contributed by atoms with Crippen molar-refractivity contribution in [3.63, 3.8) is 0 Å². The maximum absolute atomic E-state index is 5.44. The summed E-state index contributed by atoms with van der Waals surface area (Å²) in [5.41, 5.74) is 2.74. The molecule has 1 saturated heterocycles. The lowest BCUT2D eigenvalue weighted by atomic mass is 9.96. The Labute approximate surface area is 146 Å². The number of H-pyrrole nitrogens is 1. The number of pyridine rings is 1. The van der Waals surface area contributed by atoms with Gasteiger partial charge < -0.3 is 9.64 Å². The summed E-state index contributed by atoms with van der Waals surface area (Å²) in [7, 11) is 0. The standard InChI is InChI=1S/C18H22N6O/c1-2-16(18-21-13-22-23-18)20-11-15(1)17-12-24(8-6-19-17)7-3-14-4-9-25-10-5-14/h1-2,6,11-14H,3-5,7-10H2,(H,21,22,23). The van der Waals surface area contributed by atoms with Gasteiger partial charge in [0.05, 0.1) is 12.2 Å². The molecule has 0 unspecified atom stereocenters. The molecule has 2 aliphatic rings. The number of aromatic amines is 1. The zero-order valence-corrected chi connectivity index (χ0v) is 14.1. The average molecular weight is 338 g/mol. The SMILES string of the molecule is C1=NC(c2ccc(-c3ncn[nH]3)nc2)=CN(CCC2CCOCC2)C1. The minimum absolute atomic E-state index is 0.672. The Morgan fingerprint density at radius 1 is 1.20 bits per heavy atom. The molecule has 2 aromatic rings. The van der Waals surface area contributed by atoms with E-state index in [0.29, 0.717) is 5.82 Å². The van der Waals surface area contributed by atoms with Crippen LogP contribution >= 0.6 is 0 Å². The summed E-state index contributed by atoms with van der Waals surface area (Å²) in [6, 6.07) is 3.96. The summed E-state index contributed by atoms with van der Waals surface area (Å²) < 4.78 is 5.44. The first-order valence-corrected chi connectivity index (χ1v) is 8.77. The van der Waals surface area contributed by atoms with Crippen molar-refractivity contribution in [3.05, 3.63) is 36.4 Å². The van der Waals surface area contributed by atoms with Gasteiger partial charge in [-0.25, -0.2) is 4.98 Å². The van der Waals surface area contributed by atoms with Crippen LogP contribution in [0.2, 0.25) is 0 Å². The van der Waals surface area contributed by atoms with Crippen LogP contribution in [0.25, 0.3) is 17.2 Å². The molecule has 7 heteroatoms. The molecule has 1 N–H and O–H groups in total. The Bertz CT molecular complexity index is 731. The van der Waals surface area contributed by atoms with Gasteiger partial charge in [0.25, 0.3) is 0 Å². The second-order valence-corrected chi connectivity index (χ2v) is 6.43. The van der Waals surface area contributed by atoms with Gasteiger partial charge >= 0.3 is 0 Å². The molecule has 0 saturated carbocycles. The van der Waals surface area contributed by atoms with Crippen molar-refractivity contribution in [2.75, 3.05) is 26.3 Å². The van der Waals surface area contributed by atoms with E-state index >= 15 is 0 Å². The highest BCUT2D eigenvalue weighted by Crippen LogP contribution is 2.22. The van der Waals surface area contributed by atoms with Crippen LogP contribution in [0.15, 0.2) is 35.8 Å². The molecule has 4 rings (SSSR count). The molecule has 0 bridgehead atoms. The predicted molar refractivity (Wildman–Crippen MR) is 95.8 cm³/mol. The Morgan fingerprint density at radius 3 is 2.88 bits per heavy atom. The monoisotopic (exact) mass is 338 g/mol. The van der Waals surface area contributed by atoms with Gasteiger partial charge in [-0.05, 0) is 37.3 Å². The molecule has 25 heavy (non-hydrogen) atoms. The molecule has 7 nitrogen and oxygen atoms in total. The first kappa shape index (κ1) is 16.0. The van der Waals surface area contributed by atoms with E-state index in [-0.39, 0.29) is 0 Å². The van der Waals surface area contributed by atoms with Crippen LogP contribution in [0.4, 0.5) is 0 Å². The van der Waals surface area contributed by atoms with Gasteiger partial charge in [-0.1, -0.05) is 0 Å². The van der Waals surface area contributed by atoms with Crippen LogP contribution in [0.5, 0.6) is 0 Å². The Hall–Kier alpha value is -2.54. The Morgan fingerprint density at radius 2 is 2.12 bits per heavy atom. The van der Waals surface area contributed by atoms with Crippen molar-refractivity contribution in [1.29, 1.82) is 0 Å². The fraction of sp³-hybridized carbons (Fsp3) is 0.444. The molecule has 1 fully saturated rings. The van der Waals surface area contributed by atoms with Crippen molar-refractivity contribution in [2.45, 2.75) is 19.3 Å². The predicted octanol–water partition coefficient (Wildman–Crippen LogP) is 2.37. The number of ether oxygens (including phenoxy) is 1. The van der Waals surface area contributed by atoms with Gasteiger partial charge in [0.1, 0.15) is 12.0 Å². The first-order valence-electron chi connectivity index (χ1n) is 8.77. The lowest BCUT2D eigenvalue weighted by Crippen LogP contribution is -2.27. The maximum atomic E-state index is 5.44. The second kappa shape index (κ2) is 7.57. The van der Waals surface area contributed by atoms with Gasteiger partial charge in [0, 0.05) is 43.9 Å². The molecular weight excluding hydrogens is 316 g/mol. The Kier molecular flexibility index (Phi) is 4.83. The van der Waals surface area contributed by atoms with E-state index in [4.69, 9.17) is 4.74 Å². The minimum atomic E-state index is 0.672. The summed E-state index contributed by atoms with van der Waals surface area (Å²) in [4.78, 5) is 15.5. The topological polar surface area (TPSA) is 79.3 Å². The molecule has 0 aliphatic carbocycles. The molecular formula is C18H22N6O. The lowest BCUT2D eigenvalue weighted by molar-refractivity contribution is 0.0620. The highest BCUT2D eigenvalue weighted by molar-refractivity contribution is 5.77. The van der Waals surface area contributed by atoms with Crippen LogP contribution in [-0.4, -0.2) is 57.6 Å². The largest absolute Gasteiger partial charge is 0.381 e. The van der Waals surface area contributed by atoms with Gasteiger partial charge in [0.15, 0.2) is 5.82 Å². The summed E-state index contributed by atoms with van der Waals surface area (Å²) in [5.74, 6) is 1.46. The molecule has 0 radical (unpaired) electrons. The van der Waals surface area contributed by atoms with E-state index in [0.717, 1.165) is 49.2 Å². The van der Waals surface area contributed by atoms with Crippen LogP contribution in [0, 0.1) is 5.92 Å². The van der Waals surface area contributed by atoms with Crippen LogP contribution in [-0.2, 0) is 4.74 Å². The van der Waals surface area contributed by atoms with E-state index < -0.39 is 0 Å². The van der Waals surface area contributed by atoms with Crippen molar-refractivity contribution in [2.24, 2.45) is 10.9 Å². The maximum Gasteiger partial charge on any atom is 0.174 e. The Balaban J connectivity index is 1.40. The van der Waals surface area contributed by atoms with E-state index in [1.165, 1.54) is 25.6 Å². The summed E-state index contributed by atoms with van der Waals surface area (Å²) in [5, 5.41) is 6.68. The molecule has 4 heterocycles. The number of hydrogen-bond donors (Lipinski definition) is 1. The molecule has 130 valence electrons. The van der Waals surface area contributed by atoms with Crippen LogP contribution < -0.4 is 0 Å². The van der Waals surface area contributed by atoms with Gasteiger partial charge in [-0.15, -0.1) is 0 Å². The average Bonchev–Trinajstić information content (AvgIpc) is 3.22. The lowest BCUT2D eigenvalue weighted by Gasteiger charge is -2.27. The number of nitrogens with zero attached hydrogens (tertiary/aromatic N) is 5. The zero-order valence-electron chi connectivity index (χ0n) is 14.1. The second-order valence-electron chi connectivity index (χ2n) is 6.43. The smallest absolute Gasteiger partial charge is 0.174 e. The summed E-state index contributed by atoms with van der Waals surface area (Å²) in [6.45, 7) is 3.76. The summed E-state index contributed by atoms with van der Waals surface area (Å²) in [6.07, 6.45) is 11.0. The zero-order chi connectivity index (χ0) is 16.9. The number of nitrogens with one attached hydrogen (secondary N) is 1. The van der Waals surface area contributed by atoms with E-state index in [9.17, 15) is 0 Å². The molecule has 2 aromatic heterocycles. The third-order valence-electron chi connectivity index (χ3n) is 4.73. The van der Waals surface area contributed by atoms with Crippen molar-refractivity contribution < 1.29 is 4.74 Å². The van der Waals surface area contributed by atoms with Gasteiger partial charge in [0.2, 0.25) is 0 Å². The third kappa shape index (κ3) is 3.93. The van der Waals surface area contributed by atoms with Gasteiger partial charge in [-0.2, -0.15) is 5.10 Å². The van der Waals surface area contributed by atoms with Gasteiger partial charge in [-0.3, -0.25) is 15.1 Å². The van der Waals surface area contributed by atoms with Crippen molar-refractivity contribution in [3.8, 4) is 11.5 Å². The van der Waals surface area contributed by atoms with E-state index in [1.807, 2.05) is 24.5 Å². The summed E-state index contributed by atoms with van der Waals surface area (Å²) >= 11 is 0. The quantitative estimate of drug-likeness (QED) is 0.905. The minimum Gasteiger partial charge on any atom is -0.381 e. The van der Waals surface area contributed by atoms with Crippen molar-refractivity contribution >= 4 is 11.9 Å². The van der Waals surface area contributed by atoms with Crippen LogP contribution in [0.3, 0.4) is 0 Å². The molecule has 2 aliphatic heterocycles. The fourth-order valence-corrected chi connectivity index (χ4v) is 3.21. The van der Waals surface area contributed by atoms with Crippen molar-refractivity contribution in [1.82, 2.24) is 25.1 Å². The highest BCUT2D eigenvalue weighted by Gasteiger charge is 2.16. The molecule has 0 spiro atoms. The molecule has 0 atom stereocenters. The normalized spacial score (nSPS) is 18.4. The molecule has 0 amide bonds. The van der Waals surface area contributed by atoms with E-state index in [2.05, 4.69) is 36.3 Å². The number of rotatable bonds is 5. The van der Waals surface area contributed by atoms with Crippen LogP contribution in [0.1, 0.15) is 24.8 Å². The molecule has 0 aromatic carbocycles. The number of aliphatic imine (C=N–C) groups is 1. The third-order valence-corrected chi connectivity index (χ3v) is 4.73. The fourth-order valence-electron chi connectivity index (χ4n) is 3.21. The first-order chi connectivity index (χ1) is 12.4. The van der Waals surface area contributed by atoms with E-state index in [1.54, 1.807) is 0 Å².